The van der Waals surface area contributed by atoms with Gasteiger partial charge in [0.1, 0.15) is 0 Å². The average molecular weight is 217 g/mol. The summed E-state index contributed by atoms with van der Waals surface area (Å²) in [5.41, 5.74) is 0. The second kappa shape index (κ2) is 3.58. The van der Waals surface area contributed by atoms with Crippen LogP contribution in [0.2, 0.25) is 0 Å². The largest absolute Gasteiger partial charge is 0.654 e. The molecule has 0 aromatic rings. The van der Waals surface area contributed by atoms with Crippen LogP contribution in [0.4, 0.5) is 0 Å². The van der Waals surface area contributed by atoms with E-state index in [0.717, 1.165) is 0 Å². The van der Waals surface area contributed by atoms with Crippen molar-refractivity contribution in [2.75, 3.05) is 0 Å². The minimum atomic E-state index is -4.25. The van der Waals surface area contributed by atoms with Gasteiger partial charge in [-0.25, -0.2) is 0 Å². The molecule has 1 aliphatic rings. The molecule has 0 saturated carbocycles. The van der Waals surface area contributed by atoms with Crippen LogP contribution in [-0.2, 0) is 11.1 Å². The third-order valence-corrected chi connectivity index (χ3v) is 6.02. The van der Waals surface area contributed by atoms with Crippen LogP contribution in [0.1, 0.15) is 0 Å². The molecule has 11 heteroatoms. The fraction of sp³-hybridized carbons (Fsp3) is 0. The van der Waals surface area contributed by atoms with Gasteiger partial charge in [-0.05, 0) is 0 Å². The van der Waals surface area contributed by atoms with Gasteiger partial charge < -0.3 is 35.7 Å². The molecule has 0 aromatic carbocycles. The maximum Gasteiger partial charge on any atom is 0.654 e. The predicted octanol–water partition coefficient (Wildman–Crippen LogP) is -4.40. The first-order valence-electron chi connectivity index (χ1n) is 2.18. The summed E-state index contributed by atoms with van der Waals surface area (Å²) >= 11 is -1.25. The summed E-state index contributed by atoms with van der Waals surface area (Å²) < 4.78 is 12.3. The van der Waals surface area contributed by atoms with Crippen molar-refractivity contribution >= 4 is 34.0 Å². The van der Waals surface area contributed by atoms with E-state index in [4.69, 9.17) is 19.2 Å². The van der Waals surface area contributed by atoms with E-state index in [0.29, 0.717) is 0 Å². The summed E-state index contributed by atoms with van der Waals surface area (Å²) in [5.74, 6) is 0. The Morgan fingerprint density at radius 3 is 1.45 bits per heavy atom. The molecule has 1 heterocycles. The van der Waals surface area contributed by atoms with Crippen LogP contribution >= 0.6 is 0 Å². The third-order valence-electron chi connectivity index (χ3n) is 0.669. The first kappa shape index (κ1) is 11.6. The summed E-state index contributed by atoms with van der Waals surface area (Å²) in [6.07, 6.45) is 0. The van der Waals surface area contributed by atoms with E-state index in [9.17, 15) is 0 Å². The normalized spacial score (nSPS) is 26.5. The van der Waals surface area contributed by atoms with E-state index >= 15 is 0 Å². The maximum absolute atomic E-state index is 8.62. The first-order chi connectivity index (χ1) is 4.41. The summed E-state index contributed by atoms with van der Waals surface area (Å²) in [4.78, 5) is 34.5. The van der Waals surface area contributed by atoms with Crippen LogP contribution in [0.3, 0.4) is 0 Å². The molecule has 0 unspecified atom stereocenters. The standard InChI is InChI=1S/Al.H4O7Si2.H2O/c;1-8(2,3)7-9(4,5)6;/h;1-2,4-5H;1H2/q+2;-2;. The van der Waals surface area contributed by atoms with Gasteiger partial charge in [-0.1, -0.05) is 0 Å². The molecule has 1 saturated heterocycles. The molecule has 1 rings (SSSR count). The van der Waals surface area contributed by atoms with Gasteiger partial charge in [0, 0.05) is 0 Å². The molecule has 0 amide bonds. The second-order valence-electron chi connectivity index (χ2n) is 1.53. The Hall–Kier alpha value is 0.646. The van der Waals surface area contributed by atoms with E-state index in [2.05, 4.69) is 11.1 Å². The molecule has 1 radical (unpaired) electrons. The van der Waals surface area contributed by atoms with Crippen LogP contribution in [-0.4, -0.2) is 58.6 Å². The van der Waals surface area contributed by atoms with Crippen LogP contribution in [0.15, 0.2) is 0 Å². The van der Waals surface area contributed by atoms with E-state index in [1.165, 1.54) is 0 Å². The van der Waals surface area contributed by atoms with Crippen LogP contribution in [0.5, 0.6) is 0 Å². The van der Waals surface area contributed by atoms with Crippen LogP contribution in [0.25, 0.3) is 0 Å². The smallest absolute Gasteiger partial charge is 0.464 e. The van der Waals surface area contributed by atoms with Gasteiger partial charge in [0.25, 0.3) is 0 Å². The molecule has 6 N–H and O–H groups in total. The van der Waals surface area contributed by atoms with Crippen molar-refractivity contribution in [3.8, 4) is 0 Å². The highest BCUT2D eigenvalue weighted by molar-refractivity contribution is 6.73. The van der Waals surface area contributed by atoms with Gasteiger partial charge in [0.15, 0.2) is 0 Å². The topological polar surface area (TPSA) is 140 Å². The molecule has 1 fully saturated rings. The zero-order valence-corrected chi connectivity index (χ0v) is 8.25. The molecule has 11 heavy (non-hydrogen) atoms. The molecule has 0 aliphatic carbocycles. The SMILES string of the molecule is O.O[Si]1(O)[O][Al][O][Si](O)(O)O1. The van der Waals surface area contributed by atoms with E-state index < -0.39 is 34.0 Å². The Bertz CT molecular complexity index is 118. The lowest BCUT2D eigenvalue weighted by Crippen LogP contribution is -2.62. The molecule has 0 aromatic heterocycles. The lowest BCUT2D eigenvalue weighted by molar-refractivity contribution is 0.0203. The van der Waals surface area contributed by atoms with E-state index in [-0.39, 0.29) is 5.48 Å². The minimum absolute atomic E-state index is 0. The fourth-order valence-corrected chi connectivity index (χ4v) is 4.64. The Kier molecular flexibility index (Phi) is 3.79. The van der Waals surface area contributed by atoms with Gasteiger partial charge in [-0.15, -0.1) is 0 Å². The third kappa shape index (κ3) is 3.71. The molecular formula is H6AlO8Si2. The Morgan fingerprint density at radius 2 is 1.27 bits per heavy atom. The first-order valence-corrected chi connectivity index (χ1v) is 6.55. The van der Waals surface area contributed by atoms with Gasteiger partial charge >= 0.3 is 34.0 Å². The van der Waals surface area contributed by atoms with Crippen molar-refractivity contribution in [2.24, 2.45) is 0 Å². The van der Waals surface area contributed by atoms with Crippen molar-refractivity contribution in [1.82, 2.24) is 0 Å². The van der Waals surface area contributed by atoms with Gasteiger partial charge in [-0.2, -0.15) is 0 Å². The number of rotatable bonds is 0. The lowest BCUT2D eigenvalue weighted by Gasteiger charge is -2.29. The van der Waals surface area contributed by atoms with E-state index in [1.807, 2.05) is 0 Å². The highest BCUT2D eigenvalue weighted by Gasteiger charge is 2.54. The fourth-order valence-electron chi connectivity index (χ4n) is 0.371. The quantitative estimate of drug-likeness (QED) is 0.300. The van der Waals surface area contributed by atoms with Crippen LogP contribution < -0.4 is 0 Å². The zero-order valence-electron chi connectivity index (χ0n) is 5.09. The Morgan fingerprint density at radius 1 is 0.909 bits per heavy atom. The van der Waals surface area contributed by atoms with E-state index in [1.54, 1.807) is 0 Å². The van der Waals surface area contributed by atoms with Crippen molar-refractivity contribution in [3.05, 3.63) is 0 Å². The van der Waals surface area contributed by atoms with Crippen molar-refractivity contribution < 1.29 is 35.7 Å². The summed E-state index contributed by atoms with van der Waals surface area (Å²) in [6.45, 7) is 0. The summed E-state index contributed by atoms with van der Waals surface area (Å²) in [7, 11) is -8.50. The number of hydrogen-bond acceptors (Lipinski definition) is 7. The molecule has 65 valence electrons. The average Bonchev–Trinajstić information content (AvgIpc) is 1.56. The van der Waals surface area contributed by atoms with Crippen molar-refractivity contribution in [3.63, 3.8) is 0 Å². The van der Waals surface area contributed by atoms with Gasteiger partial charge in [0.05, 0.1) is 0 Å². The van der Waals surface area contributed by atoms with Gasteiger partial charge in [-0.3, -0.25) is 0 Å². The Balaban J connectivity index is 0.000001000. The highest BCUT2D eigenvalue weighted by atomic mass is 28.5. The summed E-state index contributed by atoms with van der Waals surface area (Å²) in [5, 5.41) is 0. The zero-order chi connectivity index (χ0) is 7.83. The molecule has 8 nitrogen and oxygen atoms in total. The second-order valence-corrected chi connectivity index (χ2v) is 6.62. The van der Waals surface area contributed by atoms with Crippen molar-refractivity contribution in [2.45, 2.75) is 0 Å². The molecule has 0 spiro atoms. The molecule has 0 atom stereocenters. The molecule has 1 aliphatic heterocycles. The molecule has 0 bridgehead atoms. The van der Waals surface area contributed by atoms with Crippen molar-refractivity contribution in [1.29, 1.82) is 0 Å². The predicted molar refractivity (Wildman–Crippen MR) is 33.0 cm³/mol. The van der Waals surface area contributed by atoms with Crippen LogP contribution in [0, 0.1) is 0 Å². The number of hydrogen-bond donors (Lipinski definition) is 4. The Labute approximate surface area is 70.2 Å². The minimum Gasteiger partial charge on any atom is -0.464 e. The van der Waals surface area contributed by atoms with Gasteiger partial charge in [0.2, 0.25) is 0 Å². The maximum atomic E-state index is 8.62. The summed E-state index contributed by atoms with van der Waals surface area (Å²) in [6, 6.07) is 0. The molecular weight excluding hydrogens is 211 g/mol. The lowest BCUT2D eigenvalue weighted by atomic mass is 15.6. The highest BCUT2D eigenvalue weighted by Crippen LogP contribution is 2.11. The monoisotopic (exact) mass is 217 g/mol.